The molecule has 0 saturated heterocycles. The van der Waals surface area contributed by atoms with Crippen molar-refractivity contribution in [2.75, 3.05) is 0 Å². The van der Waals surface area contributed by atoms with Crippen LogP contribution in [0, 0.1) is 0 Å². The Kier molecular flexibility index (Phi) is 7.78. The van der Waals surface area contributed by atoms with E-state index in [1.165, 1.54) is 49.0 Å². The van der Waals surface area contributed by atoms with E-state index in [1.54, 1.807) is 0 Å². The van der Waals surface area contributed by atoms with Crippen LogP contribution in [-0.4, -0.2) is 24.1 Å². The molecule has 0 fully saturated rings. The molecule has 0 saturated carbocycles. The molecule has 5 nitrogen and oxygen atoms in total. The monoisotopic (exact) mass is 765 g/mol. The summed E-state index contributed by atoms with van der Waals surface area (Å²) in [6.45, 7) is 0. The number of fused-ring (bicyclic) bond motifs is 7. The van der Waals surface area contributed by atoms with Crippen LogP contribution < -0.4 is 0 Å². The maximum atomic E-state index is 5.05. The fraction of sp³-hybridized carbons (Fsp3) is 0. The molecule has 5 heteroatoms. The molecule has 280 valence electrons. The third kappa shape index (κ3) is 5.52. The minimum atomic E-state index is 0.626. The van der Waals surface area contributed by atoms with Crippen molar-refractivity contribution in [3.63, 3.8) is 0 Å². The lowest BCUT2D eigenvalue weighted by atomic mass is 10.0. The van der Waals surface area contributed by atoms with Gasteiger partial charge in [-0.1, -0.05) is 170 Å². The lowest BCUT2D eigenvalue weighted by molar-refractivity contribution is 1.07. The Hall–Kier alpha value is -8.15. The molecule has 0 amide bonds. The maximum absolute atomic E-state index is 5.05. The summed E-state index contributed by atoms with van der Waals surface area (Å²) in [6, 6.07) is 75.3. The van der Waals surface area contributed by atoms with Gasteiger partial charge in [-0.2, -0.15) is 0 Å². The highest BCUT2D eigenvalue weighted by atomic mass is 15.0. The molecule has 12 aromatic rings. The number of para-hydroxylation sites is 2. The van der Waals surface area contributed by atoms with E-state index < -0.39 is 0 Å². The SMILES string of the molecule is c1ccc(-c2nc(-c3ccccc3)nc(-c3cccc(-n4c5ccccc5c5ccc(-c6ccc7c8ccccc8n(-c8cccc9ccccc89)c7c6)cc54)c3)n2)cc1. The lowest BCUT2D eigenvalue weighted by Gasteiger charge is -2.13. The van der Waals surface area contributed by atoms with Gasteiger partial charge in [0.2, 0.25) is 0 Å². The molecule has 9 aromatic carbocycles. The zero-order valence-corrected chi connectivity index (χ0v) is 32.4. The second-order valence-electron chi connectivity index (χ2n) is 15.3. The minimum Gasteiger partial charge on any atom is -0.309 e. The first-order valence-corrected chi connectivity index (χ1v) is 20.3. The summed E-state index contributed by atoms with van der Waals surface area (Å²) in [5.41, 5.74) is 12.0. The molecule has 0 unspecified atom stereocenters. The molecule has 3 heterocycles. The number of rotatable bonds is 6. The zero-order valence-electron chi connectivity index (χ0n) is 32.4. The van der Waals surface area contributed by atoms with Crippen molar-refractivity contribution in [1.29, 1.82) is 0 Å². The van der Waals surface area contributed by atoms with Crippen molar-refractivity contribution < 1.29 is 0 Å². The average molecular weight is 766 g/mol. The van der Waals surface area contributed by atoms with Gasteiger partial charge in [-0.3, -0.25) is 0 Å². The highest BCUT2D eigenvalue weighted by Gasteiger charge is 2.18. The van der Waals surface area contributed by atoms with Gasteiger partial charge in [0, 0.05) is 49.3 Å². The number of benzene rings is 9. The van der Waals surface area contributed by atoms with E-state index in [4.69, 9.17) is 15.0 Å². The van der Waals surface area contributed by atoms with Gasteiger partial charge in [-0.25, -0.2) is 15.0 Å². The van der Waals surface area contributed by atoms with Crippen LogP contribution in [0.1, 0.15) is 0 Å². The topological polar surface area (TPSA) is 48.5 Å². The molecular weight excluding hydrogens is 731 g/mol. The fourth-order valence-electron chi connectivity index (χ4n) is 8.96. The minimum absolute atomic E-state index is 0.626. The number of hydrogen-bond donors (Lipinski definition) is 0. The highest BCUT2D eigenvalue weighted by Crippen LogP contribution is 2.39. The predicted molar refractivity (Wildman–Crippen MR) is 248 cm³/mol. The first-order chi connectivity index (χ1) is 29.7. The van der Waals surface area contributed by atoms with E-state index in [2.05, 4.69) is 161 Å². The summed E-state index contributed by atoms with van der Waals surface area (Å²) in [5.74, 6) is 1.91. The second-order valence-corrected chi connectivity index (χ2v) is 15.3. The molecule has 0 atom stereocenters. The fourth-order valence-corrected chi connectivity index (χ4v) is 8.96. The molecule has 0 aliphatic carbocycles. The predicted octanol–water partition coefficient (Wildman–Crippen LogP) is 13.9. The normalized spacial score (nSPS) is 11.7. The zero-order chi connectivity index (χ0) is 39.6. The number of hydrogen-bond acceptors (Lipinski definition) is 3. The summed E-state index contributed by atoms with van der Waals surface area (Å²) >= 11 is 0. The standard InChI is InChI=1S/C55H35N5/c1-3-16-37(17-4-1)53-56-54(38-18-5-2-6-19-38)58-55(57-53)41-21-13-22-42(33-41)59-49-26-11-9-24-44(49)46-31-29-39(34-51(46)59)40-30-32-47-45-25-10-12-27-50(45)60(52(47)35-40)48-28-14-20-36-15-7-8-23-43(36)48/h1-35H. The van der Waals surface area contributed by atoms with E-state index in [-0.39, 0.29) is 0 Å². The van der Waals surface area contributed by atoms with Crippen LogP contribution in [0.25, 0.3) is 111 Å². The van der Waals surface area contributed by atoms with Crippen LogP contribution >= 0.6 is 0 Å². The Balaban J connectivity index is 1.04. The lowest BCUT2D eigenvalue weighted by Crippen LogP contribution is -2.01. The molecule has 3 aromatic heterocycles. The quantitative estimate of drug-likeness (QED) is 0.169. The van der Waals surface area contributed by atoms with Gasteiger partial charge in [0.15, 0.2) is 17.5 Å². The largest absolute Gasteiger partial charge is 0.309 e. The van der Waals surface area contributed by atoms with Gasteiger partial charge in [-0.05, 0) is 59.0 Å². The van der Waals surface area contributed by atoms with E-state index >= 15 is 0 Å². The van der Waals surface area contributed by atoms with Crippen molar-refractivity contribution in [3.05, 3.63) is 212 Å². The summed E-state index contributed by atoms with van der Waals surface area (Å²) < 4.78 is 4.81. The number of aromatic nitrogens is 5. The van der Waals surface area contributed by atoms with Gasteiger partial charge in [0.1, 0.15) is 0 Å². The smallest absolute Gasteiger partial charge is 0.164 e. The van der Waals surface area contributed by atoms with Crippen LogP contribution in [0.3, 0.4) is 0 Å². The Morgan fingerprint density at radius 2 is 0.717 bits per heavy atom. The molecular formula is C55H35N5. The van der Waals surface area contributed by atoms with Gasteiger partial charge in [-0.15, -0.1) is 0 Å². The van der Waals surface area contributed by atoms with E-state index in [0.29, 0.717) is 17.5 Å². The Labute approximate surface area is 346 Å². The first kappa shape index (κ1) is 33.9. The first-order valence-electron chi connectivity index (χ1n) is 20.3. The number of nitrogens with zero attached hydrogens (tertiary/aromatic N) is 5. The Morgan fingerprint density at radius 1 is 0.267 bits per heavy atom. The van der Waals surface area contributed by atoms with Crippen LogP contribution in [-0.2, 0) is 0 Å². The van der Waals surface area contributed by atoms with Crippen molar-refractivity contribution in [1.82, 2.24) is 24.1 Å². The second kappa shape index (κ2) is 13.8. The van der Waals surface area contributed by atoms with Gasteiger partial charge >= 0.3 is 0 Å². The maximum Gasteiger partial charge on any atom is 0.164 e. The third-order valence-electron chi connectivity index (χ3n) is 11.8. The summed E-state index contributed by atoms with van der Waals surface area (Å²) in [5, 5.41) is 7.33. The van der Waals surface area contributed by atoms with Crippen molar-refractivity contribution >= 4 is 54.4 Å². The molecule has 12 rings (SSSR count). The van der Waals surface area contributed by atoms with Crippen LogP contribution in [0.5, 0.6) is 0 Å². The molecule has 0 bridgehead atoms. The summed E-state index contributed by atoms with van der Waals surface area (Å²) in [6.07, 6.45) is 0. The van der Waals surface area contributed by atoms with E-state index in [1.807, 2.05) is 60.7 Å². The van der Waals surface area contributed by atoms with Gasteiger partial charge in [0.05, 0.1) is 27.8 Å². The third-order valence-corrected chi connectivity index (χ3v) is 11.8. The van der Waals surface area contributed by atoms with Gasteiger partial charge < -0.3 is 9.13 Å². The van der Waals surface area contributed by atoms with Crippen molar-refractivity contribution in [2.24, 2.45) is 0 Å². The van der Waals surface area contributed by atoms with Gasteiger partial charge in [0.25, 0.3) is 0 Å². The molecule has 0 aliphatic rings. The van der Waals surface area contributed by atoms with E-state index in [0.717, 1.165) is 44.5 Å². The highest BCUT2D eigenvalue weighted by molar-refractivity contribution is 6.13. The molecule has 0 aliphatic heterocycles. The van der Waals surface area contributed by atoms with Crippen LogP contribution in [0.4, 0.5) is 0 Å². The molecule has 60 heavy (non-hydrogen) atoms. The molecule has 0 spiro atoms. The van der Waals surface area contributed by atoms with Crippen molar-refractivity contribution in [2.45, 2.75) is 0 Å². The molecule has 0 N–H and O–H groups in total. The van der Waals surface area contributed by atoms with Crippen molar-refractivity contribution in [3.8, 4) is 56.7 Å². The average Bonchev–Trinajstić information content (AvgIpc) is 3.84. The Bertz CT molecular complexity index is 3540. The van der Waals surface area contributed by atoms with Crippen LogP contribution in [0.2, 0.25) is 0 Å². The van der Waals surface area contributed by atoms with Crippen LogP contribution in [0.15, 0.2) is 212 Å². The molecule has 0 radical (unpaired) electrons. The Morgan fingerprint density at radius 3 is 1.35 bits per heavy atom. The summed E-state index contributed by atoms with van der Waals surface area (Å²) in [4.78, 5) is 15.0. The van der Waals surface area contributed by atoms with E-state index in [9.17, 15) is 0 Å². The summed E-state index contributed by atoms with van der Waals surface area (Å²) in [7, 11) is 0.